The first-order valence-electron chi connectivity index (χ1n) is 9.09. The molecular weight excluding hydrogens is 290 g/mol. The predicted octanol–water partition coefficient (Wildman–Crippen LogP) is 3.40. The molecule has 1 aliphatic carbocycles. The fourth-order valence-electron chi connectivity index (χ4n) is 3.70. The Morgan fingerprint density at radius 3 is 2.65 bits per heavy atom. The van der Waals surface area contributed by atoms with Crippen LogP contribution in [-0.2, 0) is 4.74 Å². The van der Waals surface area contributed by atoms with Gasteiger partial charge in [-0.05, 0) is 37.8 Å². The van der Waals surface area contributed by atoms with Gasteiger partial charge in [-0.25, -0.2) is 0 Å². The zero-order chi connectivity index (χ0) is 15.9. The molecule has 0 amide bonds. The van der Waals surface area contributed by atoms with E-state index >= 15 is 0 Å². The van der Waals surface area contributed by atoms with Crippen molar-refractivity contribution in [2.24, 2.45) is 5.92 Å². The minimum Gasteiger partial charge on any atom is -0.490 e. The summed E-state index contributed by atoms with van der Waals surface area (Å²) in [6, 6.07) is 8.00. The monoisotopic (exact) mass is 319 g/mol. The van der Waals surface area contributed by atoms with Gasteiger partial charge in [0.25, 0.3) is 0 Å². The van der Waals surface area contributed by atoms with Gasteiger partial charge in [-0.15, -0.1) is 0 Å². The van der Waals surface area contributed by atoms with Crippen LogP contribution in [0.15, 0.2) is 24.3 Å². The molecule has 1 aromatic carbocycles. The Morgan fingerprint density at radius 2 is 1.96 bits per heavy atom. The number of ether oxygens (including phenoxy) is 3. The van der Waals surface area contributed by atoms with Crippen LogP contribution in [0.4, 0.5) is 0 Å². The predicted molar refractivity (Wildman–Crippen MR) is 91.2 cm³/mol. The number of hydrogen-bond donors (Lipinski definition) is 1. The molecule has 1 aliphatic heterocycles. The van der Waals surface area contributed by atoms with E-state index in [1.165, 1.54) is 32.1 Å². The molecule has 1 saturated heterocycles. The largest absolute Gasteiger partial charge is 0.490 e. The molecule has 4 nitrogen and oxygen atoms in total. The van der Waals surface area contributed by atoms with Gasteiger partial charge in [0.2, 0.25) is 0 Å². The Labute approximate surface area is 139 Å². The third kappa shape index (κ3) is 4.39. The second-order valence-electron chi connectivity index (χ2n) is 6.47. The van der Waals surface area contributed by atoms with Crippen molar-refractivity contribution in [1.82, 2.24) is 5.32 Å². The molecule has 0 bridgehead atoms. The van der Waals surface area contributed by atoms with E-state index in [9.17, 15) is 0 Å². The maximum atomic E-state index is 6.49. The van der Waals surface area contributed by atoms with Crippen LogP contribution in [0.2, 0.25) is 0 Å². The quantitative estimate of drug-likeness (QED) is 0.872. The van der Waals surface area contributed by atoms with E-state index < -0.39 is 0 Å². The zero-order valence-electron chi connectivity index (χ0n) is 14.1. The fourth-order valence-corrected chi connectivity index (χ4v) is 3.70. The Bertz CT molecular complexity index is 449. The third-order valence-electron chi connectivity index (χ3n) is 4.85. The van der Waals surface area contributed by atoms with Crippen molar-refractivity contribution < 1.29 is 14.2 Å². The summed E-state index contributed by atoms with van der Waals surface area (Å²) in [6.07, 6.45) is 6.66. The van der Waals surface area contributed by atoms with E-state index in [1.807, 2.05) is 31.2 Å². The summed E-state index contributed by atoms with van der Waals surface area (Å²) < 4.78 is 18.3. The minimum absolute atomic E-state index is 0.102. The molecule has 2 aliphatic rings. The second kappa shape index (κ2) is 8.55. The van der Waals surface area contributed by atoms with Crippen LogP contribution in [0.3, 0.4) is 0 Å². The second-order valence-corrected chi connectivity index (χ2v) is 6.47. The molecule has 128 valence electrons. The third-order valence-corrected chi connectivity index (χ3v) is 4.85. The molecule has 1 aromatic rings. The van der Waals surface area contributed by atoms with Crippen molar-refractivity contribution in [3.63, 3.8) is 0 Å². The summed E-state index contributed by atoms with van der Waals surface area (Å²) in [4.78, 5) is 0. The molecule has 2 fully saturated rings. The van der Waals surface area contributed by atoms with Gasteiger partial charge < -0.3 is 19.5 Å². The Hall–Kier alpha value is -1.26. The minimum atomic E-state index is 0.102. The van der Waals surface area contributed by atoms with Crippen LogP contribution in [0.1, 0.15) is 39.0 Å². The SMILES string of the molecule is CCOc1ccccc1O[C@@H](C1CCCCC1)[C@@H]1CNCCO1. The van der Waals surface area contributed by atoms with Crippen LogP contribution in [0.5, 0.6) is 11.5 Å². The topological polar surface area (TPSA) is 39.7 Å². The standard InChI is InChI=1S/C19H29NO3/c1-2-21-16-10-6-7-11-17(16)23-19(15-8-4-3-5-9-15)18-14-20-12-13-22-18/h6-7,10-11,15,18-20H,2-5,8-9,12-14H2,1H3/t18-,19-/m0/s1. The number of rotatable bonds is 6. The Morgan fingerprint density at radius 1 is 1.17 bits per heavy atom. The highest BCUT2D eigenvalue weighted by Crippen LogP contribution is 2.35. The number of hydrogen-bond acceptors (Lipinski definition) is 4. The van der Waals surface area contributed by atoms with Gasteiger partial charge in [0.05, 0.1) is 13.2 Å². The van der Waals surface area contributed by atoms with E-state index in [1.54, 1.807) is 0 Å². The van der Waals surface area contributed by atoms with Crippen molar-refractivity contribution in [3.05, 3.63) is 24.3 Å². The smallest absolute Gasteiger partial charge is 0.161 e. The molecule has 1 N–H and O–H groups in total. The van der Waals surface area contributed by atoms with Gasteiger partial charge in [-0.1, -0.05) is 31.4 Å². The lowest BCUT2D eigenvalue weighted by Gasteiger charge is -2.38. The van der Waals surface area contributed by atoms with Crippen molar-refractivity contribution in [3.8, 4) is 11.5 Å². The highest BCUT2D eigenvalue weighted by Gasteiger charge is 2.34. The molecular formula is C19H29NO3. The molecule has 0 aromatic heterocycles. The first-order valence-corrected chi connectivity index (χ1v) is 9.09. The van der Waals surface area contributed by atoms with Crippen molar-refractivity contribution in [2.45, 2.75) is 51.2 Å². The van der Waals surface area contributed by atoms with Crippen molar-refractivity contribution in [2.75, 3.05) is 26.3 Å². The summed E-state index contributed by atoms with van der Waals surface area (Å²) in [5.41, 5.74) is 0. The van der Waals surface area contributed by atoms with E-state index in [0.717, 1.165) is 31.2 Å². The lowest BCUT2D eigenvalue weighted by atomic mass is 9.83. The maximum absolute atomic E-state index is 6.49. The molecule has 4 heteroatoms. The van der Waals surface area contributed by atoms with Crippen LogP contribution in [-0.4, -0.2) is 38.5 Å². The number of para-hydroxylation sites is 2. The van der Waals surface area contributed by atoms with Gasteiger partial charge in [-0.3, -0.25) is 0 Å². The summed E-state index contributed by atoms with van der Waals surface area (Å²) in [5.74, 6) is 2.25. The summed E-state index contributed by atoms with van der Waals surface area (Å²) >= 11 is 0. The molecule has 0 spiro atoms. The van der Waals surface area contributed by atoms with E-state index in [-0.39, 0.29) is 12.2 Å². The highest BCUT2D eigenvalue weighted by atomic mass is 16.6. The van der Waals surface area contributed by atoms with Crippen molar-refractivity contribution >= 4 is 0 Å². The molecule has 0 radical (unpaired) electrons. The average molecular weight is 319 g/mol. The number of morpholine rings is 1. The molecule has 0 unspecified atom stereocenters. The Balaban J connectivity index is 1.77. The highest BCUT2D eigenvalue weighted by molar-refractivity contribution is 5.39. The van der Waals surface area contributed by atoms with Gasteiger partial charge >= 0.3 is 0 Å². The summed E-state index contributed by atoms with van der Waals surface area (Å²) in [6.45, 7) is 5.23. The van der Waals surface area contributed by atoms with E-state index in [0.29, 0.717) is 12.5 Å². The molecule has 2 atom stereocenters. The first-order chi connectivity index (χ1) is 11.4. The lowest BCUT2D eigenvalue weighted by molar-refractivity contribution is -0.0690. The first kappa shape index (κ1) is 16.6. The summed E-state index contributed by atoms with van der Waals surface area (Å²) in [7, 11) is 0. The van der Waals surface area contributed by atoms with Gasteiger partial charge in [0, 0.05) is 13.1 Å². The number of benzene rings is 1. The Kier molecular flexibility index (Phi) is 6.17. The average Bonchev–Trinajstić information content (AvgIpc) is 2.63. The maximum Gasteiger partial charge on any atom is 0.161 e. The van der Waals surface area contributed by atoms with E-state index in [2.05, 4.69) is 5.32 Å². The molecule has 23 heavy (non-hydrogen) atoms. The van der Waals surface area contributed by atoms with Crippen LogP contribution in [0, 0.1) is 5.92 Å². The molecule has 1 heterocycles. The van der Waals surface area contributed by atoms with Crippen LogP contribution < -0.4 is 14.8 Å². The van der Waals surface area contributed by atoms with Gasteiger partial charge in [0.1, 0.15) is 12.2 Å². The zero-order valence-corrected chi connectivity index (χ0v) is 14.1. The van der Waals surface area contributed by atoms with Crippen LogP contribution in [0.25, 0.3) is 0 Å². The van der Waals surface area contributed by atoms with Crippen molar-refractivity contribution in [1.29, 1.82) is 0 Å². The van der Waals surface area contributed by atoms with Gasteiger partial charge in [0.15, 0.2) is 11.5 Å². The van der Waals surface area contributed by atoms with E-state index in [4.69, 9.17) is 14.2 Å². The van der Waals surface area contributed by atoms with Crippen LogP contribution >= 0.6 is 0 Å². The normalized spacial score (nSPS) is 24.1. The molecule has 3 rings (SSSR count). The summed E-state index contributed by atoms with van der Waals surface area (Å²) in [5, 5.41) is 3.44. The van der Waals surface area contributed by atoms with Gasteiger partial charge in [-0.2, -0.15) is 0 Å². The lowest BCUT2D eigenvalue weighted by Crippen LogP contribution is -2.50. The molecule has 1 saturated carbocycles. The number of nitrogens with one attached hydrogen (secondary N) is 1. The fraction of sp³-hybridized carbons (Fsp3) is 0.684.